The fourth-order valence-electron chi connectivity index (χ4n) is 1.83. The van der Waals surface area contributed by atoms with E-state index >= 15 is 0 Å². The van der Waals surface area contributed by atoms with E-state index in [1.807, 2.05) is 13.8 Å². The van der Waals surface area contributed by atoms with Crippen LogP contribution >= 0.6 is 0 Å². The zero-order valence-corrected chi connectivity index (χ0v) is 7.84. The minimum absolute atomic E-state index is 0.740. The molecular formula is C9H19NO. The van der Waals surface area contributed by atoms with Crippen LogP contribution in [0.3, 0.4) is 0 Å². The summed E-state index contributed by atoms with van der Waals surface area (Å²) < 4.78 is 5.39. The van der Waals surface area contributed by atoms with Gasteiger partial charge in [-0.3, -0.25) is 4.90 Å². The Morgan fingerprint density at radius 2 is 1.55 bits per heavy atom. The van der Waals surface area contributed by atoms with Crippen LogP contribution < -0.4 is 0 Å². The SMILES string of the molecule is CC.CN1C2CCC1COC2. The third kappa shape index (κ3) is 1.74. The van der Waals surface area contributed by atoms with Gasteiger partial charge in [0.05, 0.1) is 13.2 Å². The number of fused-ring (bicyclic) bond motifs is 2. The number of rotatable bonds is 0. The van der Waals surface area contributed by atoms with Gasteiger partial charge in [-0.25, -0.2) is 0 Å². The molecule has 2 aliphatic rings. The van der Waals surface area contributed by atoms with Gasteiger partial charge in [-0.05, 0) is 19.9 Å². The molecule has 0 N–H and O–H groups in total. The monoisotopic (exact) mass is 157 g/mol. The summed E-state index contributed by atoms with van der Waals surface area (Å²) in [5.41, 5.74) is 0. The average Bonchev–Trinajstić information content (AvgIpc) is 2.30. The van der Waals surface area contributed by atoms with Crippen molar-refractivity contribution in [1.82, 2.24) is 4.90 Å². The standard InChI is InChI=1S/C7H13NO.C2H6/c1-8-6-2-3-7(8)5-9-4-6;1-2/h6-7H,2-5H2,1H3;1-2H3. The summed E-state index contributed by atoms with van der Waals surface area (Å²) in [7, 11) is 2.21. The van der Waals surface area contributed by atoms with Crippen LogP contribution in [0.15, 0.2) is 0 Å². The first-order valence-corrected chi connectivity index (χ1v) is 4.67. The molecular weight excluding hydrogens is 138 g/mol. The average molecular weight is 157 g/mol. The van der Waals surface area contributed by atoms with Gasteiger partial charge in [0.2, 0.25) is 0 Å². The Labute approximate surface area is 69.5 Å². The zero-order chi connectivity index (χ0) is 8.27. The van der Waals surface area contributed by atoms with E-state index in [0.717, 1.165) is 25.3 Å². The fraction of sp³-hybridized carbons (Fsp3) is 1.00. The van der Waals surface area contributed by atoms with Crippen LogP contribution in [0.4, 0.5) is 0 Å². The molecule has 0 aromatic heterocycles. The summed E-state index contributed by atoms with van der Waals surface area (Å²) in [6.45, 7) is 5.93. The first kappa shape index (κ1) is 9.01. The molecule has 0 amide bonds. The number of hydrogen-bond acceptors (Lipinski definition) is 2. The molecule has 0 aromatic carbocycles. The number of hydrogen-bond donors (Lipinski definition) is 0. The topological polar surface area (TPSA) is 12.5 Å². The maximum absolute atomic E-state index is 5.39. The molecule has 2 fully saturated rings. The number of ether oxygens (including phenoxy) is 1. The van der Waals surface area contributed by atoms with Crippen LogP contribution in [0, 0.1) is 0 Å². The molecule has 2 unspecified atom stereocenters. The number of nitrogens with zero attached hydrogens (tertiary/aromatic N) is 1. The van der Waals surface area contributed by atoms with Gasteiger partial charge in [0, 0.05) is 12.1 Å². The van der Waals surface area contributed by atoms with E-state index in [4.69, 9.17) is 4.74 Å². The molecule has 2 heteroatoms. The Hall–Kier alpha value is -0.0800. The van der Waals surface area contributed by atoms with Crippen molar-refractivity contribution in [3.05, 3.63) is 0 Å². The predicted molar refractivity (Wildman–Crippen MR) is 46.7 cm³/mol. The Balaban J connectivity index is 0.000000281. The smallest absolute Gasteiger partial charge is 0.0622 e. The first-order chi connectivity index (χ1) is 5.38. The molecule has 2 heterocycles. The lowest BCUT2D eigenvalue weighted by Crippen LogP contribution is -2.42. The summed E-state index contributed by atoms with van der Waals surface area (Å²) in [5.74, 6) is 0. The van der Waals surface area contributed by atoms with E-state index in [9.17, 15) is 0 Å². The van der Waals surface area contributed by atoms with Crippen LogP contribution in [0.5, 0.6) is 0 Å². The Kier molecular flexibility index (Phi) is 3.34. The van der Waals surface area contributed by atoms with Crippen LogP contribution in [0.25, 0.3) is 0 Å². The summed E-state index contributed by atoms with van der Waals surface area (Å²) in [6, 6.07) is 1.48. The quantitative estimate of drug-likeness (QED) is 0.528. The summed E-state index contributed by atoms with van der Waals surface area (Å²) in [5, 5.41) is 0. The second-order valence-electron chi connectivity index (χ2n) is 3.09. The van der Waals surface area contributed by atoms with E-state index in [1.54, 1.807) is 0 Å². The van der Waals surface area contributed by atoms with E-state index in [1.165, 1.54) is 12.8 Å². The van der Waals surface area contributed by atoms with Crippen molar-refractivity contribution in [3.8, 4) is 0 Å². The van der Waals surface area contributed by atoms with Gasteiger partial charge in [-0.2, -0.15) is 0 Å². The molecule has 2 saturated heterocycles. The van der Waals surface area contributed by atoms with E-state index in [-0.39, 0.29) is 0 Å². The molecule has 2 rings (SSSR count). The molecule has 0 aromatic rings. The normalized spacial score (nSPS) is 36.3. The summed E-state index contributed by atoms with van der Waals surface area (Å²) in [6.07, 6.45) is 2.70. The van der Waals surface area contributed by atoms with Crippen molar-refractivity contribution < 1.29 is 4.74 Å². The Morgan fingerprint density at radius 1 is 1.09 bits per heavy atom. The molecule has 66 valence electrons. The second-order valence-corrected chi connectivity index (χ2v) is 3.09. The van der Waals surface area contributed by atoms with Crippen molar-refractivity contribution in [2.75, 3.05) is 20.3 Å². The highest BCUT2D eigenvalue weighted by Gasteiger charge is 2.33. The summed E-state index contributed by atoms with van der Waals surface area (Å²) in [4.78, 5) is 2.46. The van der Waals surface area contributed by atoms with Crippen LogP contribution in [0.2, 0.25) is 0 Å². The lowest BCUT2D eigenvalue weighted by atomic mass is 10.2. The first-order valence-electron chi connectivity index (χ1n) is 4.67. The van der Waals surface area contributed by atoms with Gasteiger partial charge in [-0.15, -0.1) is 0 Å². The molecule has 2 nitrogen and oxygen atoms in total. The third-order valence-electron chi connectivity index (χ3n) is 2.61. The minimum atomic E-state index is 0.740. The van der Waals surface area contributed by atoms with Crippen LogP contribution in [0.1, 0.15) is 26.7 Å². The van der Waals surface area contributed by atoms with Gasteiger partial charge < -0.3 is 4.74 Å². The van der Waals surface area contributed by atoms with Crippen molar-refractivity contribution in [3.63, 3.8) is 0 Å². The fourth-order valence-corrected chi connectivity index (χ4v) is 1.83. The molecule has 2 aliphatic heterocycles. The van der Waals surface area contributed by atoms with Crippen molar-refractivity contribution in [1.29, 1.82) is 0 Å². The van der Waals surface area contributed by atoms with E-state index in [0.29, 0.717) is 0 Å². The predicted octanol–water partition coefficient (Wildman–Crippen LogP) is 1.51. The molecule has 2 bridgehead atoms. The number of morpholine rings is 1. The zero-order valence-electron chi connectivity index (χ0n) is 7.84. The Bertz CT molecular complexity index is 100. The molecule has 11 heavy (non-hydrogen) atoms. The largest absolute Gasteiger partial charge is 0.378 e. The van der Waals surface area contributed by atoms with Gasteiger partial charge in [0.15, 0.2) is 0 Å². The van der Waals surface area contributed by atoms with Gasteiger partial charge in [0.25, 0.3) is 0 Å². The van der Waals surface area contributed by atoms with E-state index < -0.39 is 0 Å². The van der Waals surface area contributed by atoms with Gasteiger partial charge >= 0.3 is 0 Å². The molecule has 0 spiro atoms. The van der Waals surface area contributed by atoms with Crippen molar-refractivity contribution >= 4 is 0 Å². The van der Waals surface area contributed by atoms with Crippen molar-refractivity contribution in [2.45, 2.75) is 38.8 Å². The molecule has 0 aliphatic carbocycles. The van der Waals surface area contributed by atoms with Gasteiger partial charge in [-0.1, -0.05) is 13.8 Å². The lowest BCUT2D eigenvalue weighted by Gasteiger charge is -2.30. The molecule has 2 atom stereocenters. The van der Waals surface area contributed by atoms with Crippen LogP contribution in [-0.4, -0.2) is 37.2 Å². The summed E-state index contributed by atoms with van der Waals surface area (Å²) >= 11 is 0. The van der Waals surface area contributed by atoms with Gasteiger partial charge in [0.1, 0.15) is 0 Å². The maximum atomic E-state index is 5.39. The highest BCUT2D eigenvalue weighted by atomic mass is 16.5. The van der Waals surface area contributed by atoms with Crippen molar-refractivity contribution in [2.24, 2.45) is 0 Å². The maximum Gasteiger partial charge on any atom is 0.0622 e. The minimum Gasteiger partial charge on any atom is -0.378 e. The second kappa shape index (κ2) is 4.07. The third-order valence-corrected chi connectivity index (χ3v) is 2.61. The highest BCUT2D eigenvalue weighted by Crippen LogP contribution is 2.26. The highest BCUT2D eigenvalue weighted by molar-refractivity contribution is 4.88. The van der Waals surface area contributed by atoms with E-state index in [2.05, 4.69) is 11.9 Å². The Morgan fingerprint density at radius 3 is 1.91 bits per heavy atom. The lowest BCUT2D eigenvalue weighted by molar-refractivity contribution is -0.000705. The van der Waals surface area contributed by atoms with Crippen LogP contribution in [-0.2, 0) is 4.74 Å². The molecule has 0 radical (unpaired) electrons. The molecule has 0 saturated carbocycles. The number of likely N-dealkylation sites (N-methyl/N-ethyl adjacent to an activating group) is 1.